The van der Waals surface area contributed by atoms with Crippen molar-refractivity contribution in [3.8, 4) is 0 Å². The van der Waals surface area contributed by atoms with E-state index in [4.69, 9.17) is 11.6 Å². The summed E-state index contributed by atoms with van der Waals surface area (Å²) in [5.74, 6) is -1.06. The van der Waals surface area contributed by atoms with Crippen LogP contribution in [0, 0.1) is 0 Å². The van der Waals surface area contributed by atoms with Crippen molar-refractivity contribution in [1.82, 2.24) is 4.98 Å². The van der Waals surface area contributed by atoms with Crippen LogP contribution in [0.5, 0.6) is 0 Å². The summed E-state index contributed by atoms with van der Waals surface area (Å²) in [6.07, 6.45) is 1.62. The highest BCUT2D eigenvalue weighted by molar-refractivity contribution is 9.10. The Labute approximate surface area is 151 Å². The number of pyridine rings is 1. The van der Waals surface area contributed by atoms with Gasteiger partial charge in [-0.2, -0.15) is 0 Å². The molecule has 1 aromatic heterocycles. The third-order valence-corrected chi connectivity index (χ3v) is 4.35. The predicted molar refractivity (Wildman–Crippen MR) is 98.4 cm³/mol. The van der Waals surface area contributed by atoms with Crippen LogP contribution in [0.4, 0.5) is 11.4 Å². The molecule has 3 rings (SSSR count). The summed E-state index contributed by atoms with van der Waals surface area (Å²) in [5, 5.41) is 13.7. The summed E-state index contributed by atoms with van der Waals surface area (Å²) in [6, 6.07) is 10.3. The highest BCUT2D eigenvalue weighted by Crippen LogP contribution is 2.34. The van der Waals surface area contributed by atoms with Gasteiger partial charge in [-0.25, -0.2) is 4.79 Å². The first-order valence-electron chi connectivity index (χ1n) is 6.53. The Morgan fingerprint density at radius 2 is 2.04 bits per heavy atom. The third-order valence-electron chi connectivity index (χ3n) is 3.28. The maximum atomic E-state index is 11.4. The second kappa shape index (κ2) is 6.39. The van der Waals surface area contributed by atoms with Crippen molar-refractivity contribution < 1.29 is 9.90 Å². The fourth-order valence-corrected chi connectivity index (χ4v) is 2.99. The summed E-state index contributed by atoms with van der Waals surface area (Å²) >= 11 is 13.8. The van der Waals surface area contributed by atoms with Crippen LogP contribution in [0.15, 0.2) is 52.0 Å². The summed E-state index contributed by atoms with van der Waals surface area (Å²) < 4.78 is 0.892. The van der Waals surface area contributed by atoms with Crippen LogP contribution in [-0.2, 0) is 0 Å². The highest BCUT2D eigenvalue weighted by atomic mass is 79.9. The number of aromatic nitrogens is 1. The molecule has 0 aliphatic carbocycles. The minimum atomic E-state index is -1.06. The second-order valence-electron chi connectivity index (χ2n) is 4.80. The minimum absolute atomic E-state index is 0.0881. The first kappa shape index (κ1) is 16.1. The number of carbonyl (C=O) groups is 1. The van der Waals surface area contributed by atoms with E-state index in [2.05, 4.69) is 38.9 Å². The molecule has 0 bridgehead atoms. The van der Waals surface area contributed by atoms with E-state index in [1.165, 1.54) is 6.07 Å². The fourth-order valence-electron chi connectivity index (χ4n) is 2.22. The number of hydrogen-bond acceptors (Lipinski definition) is 4. The van der Waals surface area contributed by atoms with Gasteiger partial charge in [-0.1, -0.05) is 27.5 Å². The summed E-state index contributed by atoms with van der Waals surface area (Å²) in [7, 11) is 0. The molecule has 1 heterocycles. The normalized spacial score (nSPS) is 10.7. The van der Waals surface area contributed by atoms with E-state index < -0.39 is 5.97 Å². The molecule has 0 aliphatic rings. The zero-order chi connectivity index (χ0) is 16.6. The molecule has 0 saturated heterocycles. The van der Waals surface area contributed by atoms with Gasteiger partial charge in [0.25, 0.3) is 0 Å². The fraction of sp³-hybridized carbons (Fsp3) is 0. The quantitative estimate of drug-likeness (QED) is 0.508. The van der Waals surface area contributed by atoms with Gasteiger partial charge in [0.2, 0.25) is 0 Å². The minimum Gasteiger partial charge on any atom is -0.478 e. The lowest BCUT2D eigenvalue weighted by Crippen LogP contribution is -2.03. The molecule has 0 spiro atoms. The number of halogens is 2. The maximum Gasteiger partial charge on any atom is 0.337 e. The molecule has 3 aromatic rings. The lowest BCUT2D eigenvalue weighted by molar-refractivity contribution is 0.0698. The first-order valence-corrected chi connectivity index (χ1v) is 8.14. The van der Waals surface area contributed by atoms with Crippen LogP contribution in [0.1, 0.15) is 10.4 Å². The summed E-state index contributed by atoms with van der Waals surface area (Å²) in [4.78, 5) is 16.4. The van der Waals surface area contributed by atoms with Crippen molar-refractivity contribution in [2.45, 2.75) is 4.90 Å². The number of thiol groups is 1. The van der Waals surface area contributed by atoms with Gasteiger partial charge in [-0.3, -0.25) is 4.98 Å². The van der Waals surface area contributed by atoms with Crippen LogP contribution in [0.2, 0.25) is 5.02 Å². The number of anilines is 2. The first-order chi connectivity index (χ1) is 11.0. The number of benzene rings is 2. The highest BCUT2D eigenvalue weighted by Gasteiger charge is 2.14. The second-order valence-corrected chi connectivity index (χ2v) is 6.63. The zero-order valence-electron chi connectivity index (χ0n) is 11.5. The van der Waals surface area contributed by atoms with Gasteiger partial charge < -0.3 is 10.4 Å². The monoisotopic (exact) mass is 408 g/mol. The molecule has 0 saturated carbocycles. The molecular formula is C16H10BrClN2O2S. The lowest BCUT2D eigenvalue weighted by atomic mass is 10.1. The number of hydrogen-bond donors (Lipinski definition) is 3. The number of fused-ring (bicyclic) bond motifs is 1. The molecule has 116 valence electrons. The third kappa shape index (κ3) is 3.29. The number of carboxylic acid groups (broad SMARTS) is 1. The van der Waals surface area contributed by atoms with Crippen molar-refractivity contribution in [3.63, 3.8) is 0 Å². The molecule has 7 heteroatoms. The largest absolute Gasteiger partial charge is 0.478 e. The summed E-state index contributed by atoms with van der Waals surface area (Å²) in [6.45, 7) is 0. The standard InChI is InChI=1S/C16H10BrClN2O2S/c17-8-1-3-12-10(5-8)15(14(23)7-19-12)20-13-4-2-9(18)6-11(13)16(21)22/h1-7,23H,(H,19,20)(H,21,22). The Bertz CT molecular complexity index is 928. The van der Waals surface area contributed by atoms with E-state index >= 15 is 0 Å². The van der Waals surface area contributed by atoms with E-state index in [-0.39, 0.29) is 5.56 Å². The molecule has 4 nitrogen and oxygen atoms in total. The van der Waals surface area contributed by atoms with Gasteiger partial charge in [0, 0.05) is 26.0 Å². The van der Waals surface area contributed by atoms with Gasteiger partial charge >= 0.3 is 5.97 Å². The Morgan fingerprint density at radius 1 is 1.26 bits per heavy atom. The Balaban J connectivity index is 2.17. The van der Waals surface area contributed by atoms with Crippen LogP contribution in [-0.4, -0.2) is 16.1 Å². The Morgan fingerprint density at radius 3 is 2.78 bits per heavy atom. The van der Waals surface area contributed by atoms with Crippen molar-refractivity contribution in [3.05, 3.63) is 57.7 Å². The van der Waals surface area contributed by atoms with Crippen molar-refractivity contribution in [2.75, 3.05) is 5.32 Å². The van der Waals surface area contributed by atoms with Crippen molar-refractivity contribution in [2.24, 2.45) is 0 Å². The average molecular weight is 410 g/mol. The molecule has 0 aliphatic heterocycles. The molecule has 2 aromatic carbocycles. The lowest BCUT2D eigenvalue weighted by Gasteiger charge is -2.14. The molecule has 0 atom stereocenters. The topological polar surface area (TPSA) is 62.2 Å². The SMILES string of the molecule is O=C(O)c1cc(Cl)ccc1Nc1c(S)cnc2ccc(Br)cc12. The number of aromatic carboxylic acids is 1. The van der Waals surface area contributed by atoms with Crippen molar-refractivity contribution >= 4 is 68.4 Å². The van der Waals surface area contributed by atoms with Gasteiger partial charge in [-0.15, -0.1) is 12.6 Å². The smallest absolute Gasteiger partial charge is 0.337 e. The van der Waals surface area contributed by atoms with E-state index in [9.17, 15) is 9.90 Å². The van der Waals surface area contributed by atoms with E-state index in [1.807, 2.05) is 18.2 Å². The van der Waals surface area contributed by atoms with Crippen LogP contribution in [0.25, 0.3) is 10.9 Å². The van der Waals surface area contributed by atoms with Crippen LogP contribution >= 0.6 is 40.2 Å². The number of nitrogens with zero attached hydrogens (tertiary/aromatic N) is 1. The molecule has 2 N–H and O–H groups in total. The number of rotatable bonds is 3. The number of nitrogens with one attached hydrogen (secondary N) is 1. The van der Waals surface area contributed by atoms with Gasteiger partial charge in [0.1, 0.15) is 0 Å². The predicted octanol–water partition coefficient (Wildman–Crippen LogP) is 5.38. The molecule has 23 heavy (non-hydrogen) atoms. The Hall–Kier alpha value is -1.76. The molecule has 0 radical (unpaired) electrons. The van der Waals surface area contributed by atoms with Crippen LogP contribution < -0.4 is 5.32 Å². The van der Waals surface area contributed by atoms with E-state index in [0.717, 1.165) is 15.4 Å². The summed E-state index contributed by atoms with van der Waals surface area (Å²) in [5.41, 5.74) is 1.98. The van der Waals surface area contributed by atoms with E-state index in [1.54, 1.807) is 18.3 Å². The molecule has 0 amide bonds. The Kier molecular flexibility index (Phi) is 4.48. The molecular weight excluding hydrogens is 400 g/mol. The maximum absolute atomic E-state index is 11.4. The molecule has 0 unspecified atom stereocenters. The van der Waals surface area contributed by atoms with Crippen LogP contribution in [0.3, 0.4) is 0 Å². The van der Waals surface area contributed by atoms with Crippen molar-refractivity contribution in [1.29, 1.82) is 0 Å². The molecule has 0 fully saturated rings. The van der Waals surface area contributed by atoms with Gasteiger partial charge in [0.05, 0.1) is 22.5 Å². The number of carboxylic acids is 1. The van der Waals surface area contributed by atoms with Gasteiger partial charge in [0.15, 0.2) is 0 Å². The zero-order valence-corrected chi connectivity index (χ0v) is 14.8. The van der Waals surface area contributed by atoms with E-state index in [0.29, 0.717) is 21.3 Å². The van der Waals surface area contributed by atoms with Gasteiger partial charge in [-0.05, 0) is 36.4 Å². The average Bonchev–Trinajstić information content (AvgIpc) is 2.51.